The van der Waals surface area contributed by atoms with Crippen LogP contribution in [0.3, 0.4) is 0 Å². The molecule has 1 amide bonds. The van der Waals surface area contributed by atoms with Gasteiger partial charge in [-0.1, -0.05) is 11.3 Å². The van der Waals surface area contributed by atoms with E-state index in [0.29, 0.717) is 15.7 Å². The average Bonchev–Trinajstić information content (AvgIpc) is 2.42. The summed E-state index contributed by atoms with van der Waals surface area (Å²) in [5.41, 5.74) is 5.43. The first kappa shape index (κ1) is 13.4. The fourth-order valence-corrected chi connectivity index (χ4v) is 1.90. The predicted molar refractivity (Wildman–Crippen MR) is 67.7 cm³/mol. The Morgan fingerprint density at radius 2 is 2.12 bits per heavy atom. The number of anilines is 1. The Balaban J connectivity index is 2.73. The van der Waals surface area contributed by atoms with E-state index in [1.165, 1.54) is 0 Å². The summed E-state index contributed by atoms with van der Waals surface area (Å²) in [5.74, 6) is -0.0581. The number of nitrogen functional groups attached to an aromatic ring is 1. The lowest BCUT2D eigenvalue weighted by molar-refractivity contribution is 0.0636. The second-order valence-corrected chi connectivity index (χ2v) is 5.47. The first-order valence-corrected chi connectivity index (χ1v) is 5.82. The van der Waals surface area contributed by atoms with Crippen LogP contribution in [0.4, 0.5) is 9.93 Å². The minimum atomic E-state index is -0.568. The predicted octanol–water partition coefficient (Wildman–Crippen LogP) is 2.08. The highest BCUT2D eigenvalue weighted by molar-refractivity contribution is 7.17. The van der Waals surface area contributed by atoms with Crippen LogP contribution < -0.4 is 11.1 Å². The molecule has 1 aromatic heterocycles. The second-order valence-electron chi connectivity index (χ2n) is 4.47. The summed E-state index contributed by atoms with van der Waals surface area (Å²) < 4.78 is 5.08. The molecule has 0 aliphatic rings. The van der Waals surface area contributed by atoms with Gasteiger partial charge in [-0.2, -0.15) is 0 Å². The minimum absolute atomic E-state index is 0.0581. The standard InChI is InChI=1S/C10H16N4O2S/c1-5-6(7(11)12)17-8(13-5)14-9(15)16-10(2,3)4/h1-4H3,(H3,11,12)(H,13,14,15). The number of aryl methyl sites for hydroxylation is 1. The molecule has 94 valence electrons. The summed E-state index contributed by atoms with van der Waals surface area (Å²) in [6.07, 6.45) is -0.568. The van der Waals surface area contributed by atoms with Crippen molar-refractivity contribution in [2.75, 3.05) is 5.32 Å². The topological polar surface area (TPSA) is 101 Å². The Labute approximate surface area is 104 Å². The zero-order valence-electron chi connectivity index (χ0n) is 10.2. The van der Waals surface area contributed by atoms with Crippen LogP contribution in [-0.2, 0) is 4.74 Å². The van der Waals surface area contributed by atoms with Crippen molar-refractivity contribution in [3.63, 3.8) is 0 Å². The monoisotopic (exact) mass is 256 g/mol. The lowest BCUT2D eigenvalue weighted by Gasteiger charge is -2.18. The Bertz CT molecular complexity index is 448. The third kappa shape index (κ3) is 4.03. The molecule has 0 saturated heterocycles. The molecule has 1 rings (SSSR count). The van der Waals surface area contributed by atoms with Crippen LogP contribution in [0.25, 0.3) is 0 Å². The van der Waals surface area contributed by atoms with Gasteiger partial charge in [0.2, 0.25) is 0 Å². The van der Waals surface area contributed by atoms with Crippen LogP contribution in [0.15, 0.2) is 0 Å². The molecule has 1 heterocycles. The number of amidine groups is 1. The Morgan fingerprint density at radius 3 is 2.53 bits per heavy atom. The quantitative estimate of drug-likeness (QED) is 0.557. The smallest absolute Gasteiger partial charge is 0.413 e. The van der Waals surface area contributed by atoms with Crippen molar-refractivity contribution in [1.82, 2.24) is 4.98 Å². The van der Waals surface area contributed by atoms with E-state index < -0.39 is 11.7 Å². The highest BCUT2D eigenvalue weighted by atomic mass is 32.1. The number of hydrogen-bond donors (Lipinski definition) is 3. The molecule has 0 radical (unpaired) electrons. The number of hydrogen-bond acceptors (Lipinski definition) is 5. The fraction of sp³-hybridized carbons (Fsp3) is 0.500. The molecule has 0 unspecified atom stereocenters. The van der Waals surface area contributed by atoms with Crippen molar-refractivity contribution in [3.8, 4) is 0 Å². The summed E-state index contributed by atoms with van der Waals surface area (Å²) in [7, 11) is 0. The number of rotatable bonds is 2. The van der Waals surface area contributed by atoms with E-state index in [4.69, 9.17) is 15.9 Å². The SMILES string of the molecule is Cc1nc(NC(=O)OC(C)(C)C)sc1C(=N)N. The first-order chi connectivity index (χ1) is 7.69. The molecule has 7 heteroatoms. The van der Waals surface area contributed by atoms with Crippen molar-refractivity contribution in [2.24, 2.45) is 5.73 Å². The third-order valence-corrected chi connectivity index (χ3v) is 2.76. The Morgan fingerprint density at radius 1 is 1.53 bits per heavy atom. The van der Waals surface area contributed by atoms with Crippen LogP contribution in [0.5, 0.6) is 0 Å². The third-order valence-electron chi connectivity index (χ3n) is 1.65. The maximum atomic E-state index is 11.5. The first-order valence-electron chi connectivity index (χ1n) is 5.01. The number of nitrogens with one attached hydrogen (secondary N) is 2. The van der Waals surface area contributed by atoms with Gasteiger partial charge in [-0.25, -0.2) is 9.78 Å². The van der Waals surface area contributed by atoms with Crippen molar-refractivity contribution < 1.29 is 9.53 Å². The highest BCUT2D eigenvalue weighted by Crippen LogP contribution is 2.22. The summed E-state index contributed by atoms with van der Waals surface area (Å²) >= 11 is 1.15. The van der Waals surface area contributed by atoms with Gasteiger partial charge in [-0.3, -0.25) is 10.7 Å². The zero-order chi connectivity index (χ0) is 13.2. The molecule has 0 fully saturated rings. The average molecular weight is 256 g/mol. The molecule has 0 saturated carbocycles. The van der Waals surface area contributed by atoms with Gasteiger partial charge in [-0.05, 0) is 27.7 Å². The van der Waals surface area contributed by atoms with Gasteiger partial charge in [0.1, 0.15) is 11.4 Å². The maximum Gasteiger partial charge on any atom is 0.413 e. The number of amides is 1. The van der Waals surface area contributed by atoms with E-state index in [2.05, 4.69) is 10.3 Å². The molecular formula is C10H16N4O2S. The maximum absolute atomic E-state index is 11.5. The van der Waals surface area contributed by atoms with Crippen LogP contribution in [0, 0.1) is 12.3 Å². The van der Waals surface area contributed by atoms with E-state index in [-0.39, 0.29) is 5.84 Å². The van der Waals surface area contributed by atoms with Crippen LogP contribution >= 0.6 is 11.3 Å². The summed E-state index contributed by atoms with van der Waals surface area (Å²) in [5, 5.41) is 10.2. The Hall–Kier alpha value is -1.63. The van der Waals surface area contributed by atoms with Crippen LogP contribution in [0.2, 0.25) is 0 Å². The van der Waals surface area contributed by atoms with Gasteiger partial charge in [-0.15, -0.1) is 0 Å². The number of carbonyl (C=O) groups excluding carboxylic acids is 1. The second kappa shape index (κ2) is 4.70. The van der Waals surface area contributed by atoms with Gasteiger partial charge < -0.3 is 10.5 Å². The number of nitrogens with two attached hydrogens (primary N) is 1. The molecule has 1 aromatic rings. The van der Waals surface area contributed by atoms with E-state index >= 15 is 0 Å². The molecule has 0 atom stereocenters. The number of nitrogens with zero attached hydrogens (tertiary/aromatic N) is 1. The molecule has 0 aromatic carbocycles. The largest absolute Gasteiger partial charge is 0.444 e. The Kier molecular flexibility index (Phi) is 3.72. The van der Waals surface area contributed by atoms with E-state index in [1.54, 1.807) is 27.7 Å². The number of thiazole rings is 1. The highest BCUT2D eigenvalue weighted by Gasteiger charge is 2.18. The van der Waals surface area contributed by atoms with Crippen LogP contribution in [-0.4, -0.2) is 22.5 Å². The molecule has 0 aliphatic carbocycles. The van der Waals surface area contributed by atoms with E-state index in [0.717, 1.165) is 11.3 Å². The van der Waals surface area contributed by atoms with Crippen molar-refractivity contribution in [1.29, 1.82) is 5.41 Å². The van der Waals surface area contributed by atoms with Gasteiger partial charge in [0.15, 0.2) is 5.13 Å². The summed E-state index contributed by atoms with van der Waals surface area (Å²) in [4.78, 5) is 16.1. The molecular weight excluding hydrogens is 240 g/mol. The van der Waals surface area contributed by atoms with E-state index in [9.17, 15) is 4.79 Å². The molecule has 6 nitrogen and oxygen atoms in total. The van der Waals surface area contributed by atoms with Crippen molar-refractivity contribution in [2.45, 2.75) is 33.3 Å². The van der Waals surface area contributed by atoms with Gasteiger partial charge >= 0.3 is 6.09 Å². The molecule has 0 spiro atoms. The minimum Gasteiger partial charge on any atom is -0.444 e. The zero-order valence-corrected chi connectivity index (χ0v) is 11.1. The van der Waals surface area contributed by atoms with Crippen molar-refractivity contribution >= 4 is 28.4 Å². The number of aromatic nitrogens is 1. The molecule has 4 N–H and O–H groups in total. The van der Waals surface area contributed by atoms with E-state index in [1.807, 2.05) is 0 Å². The summed E-state index contributed by atoms with van der Waals surface area (Å²) in [6.45, 7) is 7.07. The van der Waals surface area contributed by atoms with Crippen molar-refractivity contribution in [3.05, 3.63) is 10.6 Å². The number of carbonyl (C=O) groups is 1. The summed E-state index contributed by atoms with van der Waals surface area (Å²) in [6, 6.07) is 0. The molecule has 0 bridgehead atoms. The normalized spacial score (nSPS) is 11.1. The molecule has 0 aliphatic heterocycles. The van der Waals surface area contributed by atoms with Gasteiger partial charge in [0.05, 0.1) is 10.6 Å². The molecule has 17 heavy (non-hydrogen) atoms. The lowest BCUT2D eigenvalue weighted by atomic mass is 10.2. The fourth-order valence-electron chi connectivity index (χ4n) is 1.09. The van der Waals surface area contributed by atoms with Crippen LogP contribution in [0.1, 0.15) is 31.3 Å². The van der Waals surface area contributed by atoms with Gasteiger partial charge in [0, 0.05) is 0 Å². The lowest BCUT2D eigenvalue weighted by Crippen LogP contribution is -2.27. The van der Waals surface area contributed by atoms with Gasteiger partial charge in [0.25, 0.3) is 0 Å². The number of ether oxygens (including phenoxy) is 1.